The Labute approximate surface area is 101 Å². The Morgan fingerprint density at radius 2 is 0.833 bits per heavy atom. The van der Waals surface area contributed by atoms with E-state index in [-0.39, 0.29) is 0 Å². The third-order valence-corrected chi connectivity index (χ3v) is 3.43. The Balaban J connectivity index is 3.33. The fraction of sp³-hybridized carbons (Fsp3) is 0.600. The summed E-state index contributed by atoms with van der Waals surface area (Å²) in [5.74, 6) is -13.8. The average Bonchev–Trinajstić information content (AvgIpc) is 2.51. The smallest absolute Gasteiger partial charge is 0.308 e. The van der Waals surface area contributed by atoms with Gasteiger partial charge in [-0.1, -0.05) is 6.92 Å². The molecule has 100 valence electrons. The van der Waals surface area contributed by atoms with Crippen LogP contribution in [0.15, 0.2) is 0 Å². The molecule has 8 nitrogen and oxygen atoms in total. The van der Waals surface area contributed by atoms with Gasteiger partial charge in [-0.3, -0.25) is 19.2 Å². The van der Waals surface area contributed by atoms with Gasteiger partial charge in [-0.15, -0.1) is 0 Å². The molecule has 18 heavy (non-hydrogen) atoms. The van der Waals surface area contributed by atoms with Crippen molar-refractivity contribution in [3.8, 4) is 0 Å². The Morgan fingerprint density at radius 1 is 0.611 bits per heavy atom. The molecule has 0 aliphatic heterocycles. The molecule has 1 aliphatic rings. The van der Waals surface area contributed by atoms with Gasteiger partial charge in [-0.25, -0.2) is 0 Å². The molecule has 0 radical (unpaired) electrons. The third kappa shape index (κ3) is 2.01. The van der Waals surface area contributed by atoms with Crippen LogP contribution in [0.5, 0.6) is 0 Å². The van der Waals surface area contributed by atoms with Gasteiger partial charge in [-0.2, -0.15) is 0 Å². The number of hydrogen-bond donors (Lipinski definition) is 4. The molecule has 4 N–H and O–H groups in total. The number of rotatable bonds is 4. The molecule has 0 spiro atoms. The van der Waals surface area contributed by atoms with Gasteiger partial charge in [-0.05, 0) is 5.92 Å². The molecule has 4 unspecified atom stereocenters. The molecule has 1 rings (SSSR count). The summed E-state index contributed by atoms with van der Waals surface area (Å²) in [5, 5.41) is 35.8. The highest BCUT2D eigenvalue weighted by molar-refractivity contribution is 5.91. The molecular weight excluding hydrogens is 248 g/mol. The standard InChI is InChI=1S/C10H12O8/c1-2-3(7(11)12)5(9(15)16)6(10(17)18)4(2)8(13)14/h2-6H,1H3,(H,11,12)(H,13,14)(H,15,16)(H,17,18). The van der Waals surface area contributed by atoms with Crippen LogP contribution in [0.1, 0.15) is 6.92 Å². The summed E-state index contributed by atoms with van der Waals surface area (Å²) >= 11 is 0. The molecule has 1 saturated carbocycles. The summed E-state index contributed by atoms with van der Waals surface area (Å²) in [6.07, 6.45) is 0. The quantitative estimate of drug-likeness (QED) is 0.525. The van der Waals surface area contributed by atoms with Crippen LogP contribution in [0.3, 0.4) is 0 Å². The molecule has 8 heteroatoms. The first-order valence-electron chi connectivity index (χ1n) is 5.11. The zero-order valence-corrected chi connectivity index (χ0v) is 9.31. The van der Waals surface area contributed by atoms with E-state index in [1.807, 2.05) is 0 Å². The van der Waals surface area contributed by atoms with E-state index in [0.29, 0.717) is 0 Å². The second-order valence-corrected chi connectivity index (χ2v) is 4.32. The van der Waals surface area contributed by atoms with Crippen LogP contribution in [0.25, 0.3) is 0 Å². The maximum atomic E-state index is 11.0. The number of aliphatic carboxylic acids is 4. The first-order valence-corrected chi connectivity index (χ1v) is 5.11. The average molecular weight is 260 g/mol. The molecule has 1 fully saturated rings. The van der Waals surface area contributed by atoms with Crippen molar-refractivity contribution in [3.05, 3.63) is 0 Å². The van der Waals surface area contributed by atoms with Gasteiger partial charge in [0.25, 0.3) is 0 Å². The van der Waals surface area contributed by atoms with Gasteiger partial charge in [0.15, 0.2) is 0 Å². The third-order valence-electron chi connectivity index (χ3n) is 3.43. The summed E-state index contributed by atoms with van der Waals surface area (Å²) in [7, 11) is 0. The number of carbonyl (C=O) groups is 4. The summed E-state index contributed by atoms with van der Waals surface area (Å²) in [6, 6.07) is 0. The lowest BCUT2D eigenvalue weighted by atomic mass is 9.87. The topological polar surface area (TPSA) is 149 Å². The monoisotopic (exact) mass is 260 g/mol. The molecule has 4 atom stereocenters. The van der Waals surface area contributed by atoms with Crippen LogP contribution in [0.4, 0.5) is 0 Å². The van der Waals surface area contributed by atoms with Crippen molar-refractivity contribution in [1.82, 2.24) is 0 Å². The maximum Gasteiger partial charge on any atom is 0.308 e. The van der Waals surface area contributed by atoms with Crippen molar-refractivity contribution in [3.63, 3.8) is 0 Å². The SMILES string of the molecule is CC1C(C(=O)O)C(C(=O)O)C(C(=O)O)C1C(=O)O. The largest absolute Gasteiger partial charge is 0.481 e. The lowest BCUT2D eigenvalue weighted by Crippen LogP contribution is -2.35. The molecule has 1 aliphatic carbocycles. The van der Waals surface area contributed by atoms with E-state index >= 15 is 0 Å². The zero-order chi connectivity index (χ0) is 14.2. The number of hydrogen-bond acceptors (Lipinski definition) is 4. The van der Waals surface area contributed by atoms with Crippen LogP contribution in [-0.4, -0.2) is 44.3 Å². The minimum atomic E-state index is -1.74. The molecule has 0 bridgehead atoms. The molecule has 0 saturated heterocycles. The van der Waals surface area contributed by atoms with Gasteiger partial charge >= 0.3 is 23.9 Å². The Morgan fingerprint density at radius 3 is 1.00 bits per heavy atom. The van der Waals surface area contributed by atoms with Crippen molar-refractivity contribution in [2.24, 2.45) is 29.6 Å². The zero-order valence-electron chi connectivity index (χ0n) is 9.31. The van der Waals surface area contributed by atoms with Gasteiger partial charge in [0.1, 0.15) is 0 Å². The molecule has 0 aromatic rings. The molecule has 0 aromatic heterocycles. The highest BCUT2D eigenvalue weighted by Crippen LogP contribution is 2.46. The molecular formula is C10H12O8. The Kier molecular flexibility index (Phi) is 3.59. The minimum absolute atomic E-state index is 1.07. The van der Waals surface area contributed by atoms with Crippen molar-refractivity contribution >= 4 is 23.9 Å². The minimum Gasteiger partial charge on any atom is -0.481 e. The van der Waals surface area contributed by atoms with Crippen LogP contribution < -0.4 is 0 Å². The van der Waals surface area contributed by atoms with Crippen LogP contribution in [0.2, 0.25) is 0 Å². The van der Waals surface area contributed by atoms with Gasteiger partial charge in [0, 0.05) is 0 Å². The predicted octanol–water partition coefficient (Wildman–Crippen LogP) is -0.561. The summed E-state index contributed by atoms with van der Waals surface area (Å²) in [6.45, 7) is 1.25. The highest BCUT2D eigenvalue weighted by atomic mass is 16.4. The summed E-state index contributed by atoms with van der Waals surface area (Å²) in [5.41, 5.74) is 0. The van der Waals surface area contributed by atoms with E-state index in [1.165, 1.54) is 6.92 Å². The lowest BCUT2D eigenvalue weighted by molar-refractivity contribution is -0.160. The second-order valence-electron chi connectivity index (χ2n) is 4.32. The van der Waals surface area contributed by atoms with E-state index in [4.69, 9.17) is 20.4 Å². The van der Waals surface area contributed by atoms with E-state index in [1.54, 1.807) is 0 Å². The van der Waals surface area contributed by atoms with Gasteiger partial charge < -0.3 is 20.4 Å². The van der Waals surface area contributed by atoms with Crippen molar-refractivity contribution in [2.75, 3.05) is 0 Å². The predicted molar refractivity (Wildman–Crippen MR) is 53.7 cm³/mol. The first-order chi connectivity index (χ1) is 8.20. The summed E-state index contributed by atoms with van der Waals surface area (Å²) < 4.78 is 0. The molecule has 0 aromatic carbocycles. The molecule has 0 heterocycles. The van der Waals surface area contributed by atoms with Crippen molar-refractivity contribution in [2.45, 2.75) is 6.92 Å². The van der Waals surface area contributed by atoms with E-state index < -0.39 is 53.5 Å². The fourth-order valence-electron chi connectivity index (χ4n) is 2.70. The fourth-order valence-corrected chi connectivity index (χ4v) is 2.70. The normalized spacial score (nSPS) is 35.1. The van der Waals surface area contributed by atoms with Crippen molar-refractivity contribution < 1.29 is 39.6 Å². The number of carboxylic acids is 4. The molecule has 0 amide bonds. The van der Waals surface area contributed by atoms with E-state index in [9.17, 15) is 19.2 Å². The Hall–Kier alpha value is -2.12. The first kappa shape index (κ1) is 13.9. The lowest BCUT2D eigenvalue weighted by Gasteiger charge is -2.16. The maximum absolute atomic E-state index is 11.0. The van der Waals surface area contributed by atoms with E-state index in [2.05, 4.69) is 0 Å². The van der Waals surface area contributed by atoms with Gasteiger partial charge in [0.05, 0.1) is 23.7 Å². The summed E-state index contributed by atoms with van der Waals surface area (Å²) in [4.78, 5) is 44.1. The highest BCUT2D eigenvalue weighted by Gasteiger charge is 2.60. The second kappa shape index (κ2) is 4.63. The number of carboxylic acid groups (broad SMARTS) is 4. The van der Waals surface area contributed by atoms with Gasteiger partial charge in [0.2, 0.25) is 0 Å². The van der Waals surface area contributed by atoms with Crippen molar-refractivity contribution in [1.29, 1.82) is 0 Å². The van der Waals surface area contributed by atoms with Crippen LogP contribution in [-0.2, 0) is 19.2 Å². The van der Waals surface area contributed by atoms with E-state index in [0.717, 1.165) is 0 Å². The Bertz CT molecular complexity index is 376. The van der Waals surface area contributed by atoms with Crippen LogP contribution >= 0.6 is 0 Å². The van der Waals surface area contributed by atoms with Crippen LogP contribution in [0, 0.1) is 29.6 Å².